The van der Waals surface area contributed by atoms with Crippen LogP contribution in [0.4, 0.5) is 54.0 Å². The Labute approximate surface area is 214 Å². The van der Waals surface area contributed by atoms with Crippen LogP contribution in [0.15, 0.2) is 72.8 Å². The Morgan fingerprint density at radius 3 is 1.95 bits per heavy atom. The summed E-state index contributed by atoms with van der Waals surface area (Å²) in [7, 11) is 0. The number of aliphatic hydroxyl groups is 1. The maximum absolute atomic E-state index is 14.2. The maximum atomic E-state index is 14.2. The number of rotatable bonds is 9. The van der Waals surface area contributed by atoms with Gasteiger partial charge >= 0.3 is 24.2 Å². The predicted octanol–water partition coefficient (Wildman–Crippen LogP) is 7.84. The van der Waals surface area contributed by atoms with Crippen molar-refractivity contribution in [2.75, 3.05) is 11.4 Å². The lowest BCUT2D eigenvalue weighted by Crippen LogP contribution is -2.50. The fourth-order valence-corrected chi connectivity index (χ4v) is 3.40. The van der Waals surface area contributed by atoms with Crippen molar-refractivity contribution in [2.24, 2.45) is 0 Å². The van der Waals surface area contributed by atoms with E-state index in [1.807, 2.05) is 0 Å². The van der Waals surface area contributed by atoms with Crippen LogP contribution in [-0.4, -0.2) is 36.0 Å². The van der Waals surface area contributed by atoms with E-state index in [1.165, 1.54) is 36.4 Å². The molecule has 3 aromatic carbocycles. The molecule has 3 nitrogen and oxygen atoms in total. The Morgan fingerprint density at radius 2 is 1.36 bits per heavy atom. The summed E-state index contributed by atoms with van der Waals surface area (Å²) in [4.78, 5) is 0.842. The quantitative estimate of drug-likeness (QED) is 0.265. The first kappa shape index (κ1) is 30.0. The molecule has 0 aliphatic rings. The zero-order valence-corrected chi connectivity index (χ0v) is 19.4. The Kier molecular flexibility index (Phi) is 8.39. The van der Waals surface area contributed by atoms with Crippen LogP contribution in [0.25, 0.3) is 0 Å². The smallest absolute Gasteiger partial charge is 0.457 e. The van der Waals surface area contributed by atoms with Crippen LogP contribution >= 0.6 is 0 Å². The molecule has 0 radical (unpaired) electrons. The van der Waals surface area contributed by atoms with Crippen molar-refractivity contribution >= 4 is 5.69 Å². The minimum Gasteiger partial charge on any atom is -0.457 e. The van der Waals surface area contributed by atoms with Crippen molar-refractivity contribution in [3.05, 3.63) is 89.7 Å². The van der Waals surface area contributed by atoms with Crippen molar-refractivity contribution < 1.29 is 58.1 Å². The maximum Gasteiger partial charge on any atom is 0.460 e. The van der Waals surface area contributed by atoms with E-state index in [9.17, 15) is 53.4 Å². The number of hydrogen-bond acceptors (Lipinski definition) is 3. The van der Waals surface area contributed by atoms with Gasteiger partial charge in [-0.3, -0.25) is 0 Å². The summed E-state index contributed by atoms with van der Waals surface area (Å²) in [6, 6.07) is 12.3. The number of benzene rings is 3. The minimum absolute atomic E-state index is 0.0377. The third-order valence-corrected chi connectivity index (χ3v) is 5.42. The molecule has 0 heterocycles. The predicted molar refractivity (Wildman–Crippen MR) is 117 cm³/mol. The minimum atomic E-state index is -6.58. The molecule has 212 valence electrons. The lowest BCUT2D eigenvalue weighted by atomic mass is 9.99. The van der Waals surface area contributed by atoms with E-state index < -0.39 is 54.8 Å². The van der Waals surface area contributed by atoms with E-state index in [4.69, 9.17) is 4.74 Å². The van der Waals surface area contributed by atoms with Gasteiger partial charge in [-0.2, -0.15) is 43.9 Å². The summed E-state index contributed by atoms with van der Waals surface area (Å²) in [6.07, 6.45) is -14.6. The Hall–Kier alpha value is -3.55. The molecule has 14 heteroatoms. The first-order chi connectivity index (χ1) is 17.9. The number of halogens is 11. The summed E-state index contributed by atoms with van der Waals surface area (Å²) < 4.78 is 151. The third-order valence-electron chi connectivity index (χ3n) is 5.42. The summed E-state index contributed by atoms with van der Waals surface area (Å²) >= 11 is 0. The van der Waals surface area contributed by atoms with E-state index in [0.717, 1.165) is 29.2 Å². The van der Waals surface area contributed by atoms with Crippen molar-refractivity contribution in [1.82, 2.24) is 0 Å². The number of hydrogen-bond donors (Lipinski definition) is 1. The van der Waals surface area contributed by atoms with Gasteiger partial charge in [0.2, 0.25) is 0 Å². The normalized spacial score (nSPS) is 13.7. The van der Waals surface area contributed by atoms with Gasteiger partial charge in [0.1, 0.15) is 17.3 Å². The standard InChI is InChI=1S/C25H18F11NO2/c26-17-7-9-19(10-8-17)39-20-6-2-5-18(12-20)37(14-21(38)23(29,30)31)13-15-3-1-4-16(11-15)22(27,28)24(32,33)25(34,35)36/h1-12,21,38H,13-14H2. The van der Waals surface area contributed by atoms with Crippen LogP contribution in [0.2, 0.25) is 0 Å². The number of alkyl halides is 10. The fraction of sp³-hybridized carbons (Fsp3) is 0.280. The van der Waals surface area contributed by atoms with Crippen LogP contribution in [-0.2, 0) is 12.5 Å². The molecule has 0 saturated carbocycles. The van der Waals surface area contributed by atoms with Gasteiger partial charge in [-0.15, -0.1) is 0 Å². The van der Waals surface area contributed by atoms with E-state index in [0.29, 0.717) is 12.1 Å². The lowest BCUT2D eigenvalue weighted by molar-refractivity contribution is -0.359. The molecule has 0 spiro atoms. The highest BCUT2D eigenvalue weighted by molar-refractivity contribution is 5.52. The van der Waals surface area contributed by atoms with E-state index in [-0.39, 0.29) is 22.7 Å². The molecule has 0 saturated heterocycles. The third kappa shape index (κ3) is 6.91. The van der Waals surface area contributed by atoms with Crippen molar-refractivity contribution in [3.63, 3.8) is 0 Å². The zero-order chi connectivity index (χ0) is 29.2. The molecule has 39 heavy (non-hydrogen) atoms. The van der Waals surface area contributed by atoms with Gasteiger partial charge < -0.3 is 14.7 Å². The molecule has 1 unspecified atom stereocenters. The van der Waals surface area contributed by atoms with Crippen molar-refractivity contribution in [3.8, 4) is 11.5 Å². The van der Waals surface area contributed by atoms with Gasteiger partial charge in [0.05, 0.1) is 6.54 Å². The van der Waals surface area contributed by atoms with Crippen LogP contribution in [0.1, 0.15) is 11.1 Å². The highest BCUT2D eigenvalue weighted by atomic mass is 19.4. The molecule has 0 aliphatic carbocycles. The van der Waals surface area contributed by atoms with Crippen LogP contribution < -0.4 is 9.64 Å². The van der Waals surface area contributed by atoms with Crippen LogP contribution in [0, 0.1) is 5.82 Å². The van der Waals surface area contributed by atoms with Crippen LogP contribution in [0.3, 0.4) is 0 Å². The Morgan fingerprint density at radius 1 is 0.744 bits per heavy atom. The largest absolute Gasteiger partial charge is 0.460 e. The lowest BCUT2D eigenvalue weighted by Gasteiger charge is -2.30. The second-order valence-corrected chi connectivity index (χ2v) is 8.34. The zero-order valence-electron chi connectivity index (χ0n) is 19.4. The Balaban J connectivity index is 1.96. The number of ether oxygens (including phenoxy) is 1. The summed E-state index contributed by atoms with van der Waals surface area (Å²) in [6.45, 7) is -1.88. The molecule has 1 N–H and O–H groups in total. The second kappa shape index (κ2) is 10.9. The SMILES string of the molecule is OC(CN(Cc1cccc(C(F)(F)C(F)(F)C(F)(F)F)c1)c1cccc(Oc2ccc(F)cc2)c1)C(F)(F)F. The fourth-order valence-electron chi connectivity index (χ4n) is 3.40. The summed E-state index contributed by atoms with van der Waals surface area (Å²) in [5.41, 5.74) is -2.13. The summed E-state index contributed by atoms with van der Waals surface area (Å²) in [5, 5.41) is 9.63. The topological polar surface area (TPSA) is 32.7 Å². The monoisotopic (exact) mass is 573 g/mol. The summed E-state index contributed by atoms with van der Waals surface area (Å²) in [5.74, 6) is -12.5. The molecule has 0 amide bonds. The highest BCUT2D eigenvalue weighted by Crippen LogP contribution is 2.51. The van der Waals surface area contributed by atoms with Gasteiger partial charge in [-0.05, 0) is 48.0 Å². The van der Waals surface area contributed by atoms with Gasteiger partial charge in [0.25, 0.3) is 0 Å². The van der Waals surface area contributed by atoms with Crippen molar-refractivity contribution in [2.45, 2.75) is 36.8 Å². The molecule has 3 rings (SSSR count). The second-order valence-electron chi connectivity index (χ2n) is 8.34. The number of anilines is 1. The van der Waals surface area contributed by atoms with Crippen LogP contribution in [0.5, 0.6) is 11.5 Å². The van der Waals surface area contributed by atoms with Gasteiger partial charge in [0.15, 0.2) is 6.10 Å². The number of nitrogens with zero attached hydrogens (tertiary/aromatic N) is 1. The molecular weight excluding hydrogens is 555 g/mol. The molecule has 0 aliphatic heterocycles. The molecule has 0 aromatic heterocycles. The van der Waals surface area contributed by atoms with E-state index >= 15 is 0 Å². The molecule has 3 aromatic rings. The average molecular weight is 573 g/mol. The van der Waals surface area contributed by atoms with E-state index in [1.54, 1.807) is 0 Å². The van der Waals surface area contributed by atoms with Crippen molar-refractivity contribution in [1.29, 1.82) is 0 Å². The first-order valence-corrected chi connectivity index (χ1v) is 10.9. The first-order valence-electron chi connectivity index (χ1n) is 10.9. The highest BCUT2D eigenvalue weighted by Gasteiger charge is 2.73. The molecule has 1 atom stereocenters. The Bertz CT molecular complexity index is 1260. The van der Waals surface area contributed by atoms with E-state index in [2.05, 4.69) is 0 Å². The molecule has 0 bridgehead atoms. The molecular formula is C25H18F11NO2. The molecule has 0 fully saturated rings. The van der Waals surface area contributed by atoms with Gasteiger partial charge in [0, 0.05) is 23.9 Å². The van der Waals surface area contributed by atoms with Gasteiger partial charge in [-0.25, -0.2) is 4.39 Å². The average Bonchev–Trinajstić information content (AvgIpc) is 2.84. The van der Waals surface area contributed by atoms with Gasteiger partial charge in [-0.1, -0.05) is 24.3 Å². The number of aliphatic hydroxyl groups excluding tert-OH is 1.